The Hall–Kier alpha value is -2.63. The number of carboxylic acids is 1. The van der Waals surface area contributed by atoms with Gasteiger partial charge in [-0.1, -0.05) is 0 Å². The van der Waals surface area contributed by atoms with Gasteiger partial charge in [0.1, 0.15) is 5.82 Å². The van der Waals surface area contributed by atoms with E-state index in [0.29, 0.717) is 19.4 Å². The number of nitrogens with zero attached hydrogens (tertiary/aromatic N) is 4. The van der Waals surface area contributed by atoms with Gasteiger partial charge in [-0.2, -0.15) is 5.10 Å². The van der Waals surface area contributed by atoms with Gasteiger partial charge in [0, 0.05) is 24.7 Å². The molecule has 0 radical (unpaired) electrons. The molecule has 21 heavy (non-hydrogen) atoms. The molecule has 1 N–H and O–H groups in total. The van der Waals surface area contributed by atoms with Crippen LogP contribution in [0.2, 0.25) is 0 Å². The number of aryl methyl sites for hydroxylation is 1. The Morgan fingerprint density at radius 1 is 1.38 bits per heavy atom. The number of pyridine rings is 1. The molecule has 1 unspecified atom stereocenters. The van der Waals surface area contributed by atoms with Gasteiger partial charge in [-0.15, -0.1) is 0 Å². The van der Waals surface area contributed by atoms with E-state index in [-0.39, 0.29) is 5.92 Å². The predicted octanol–water partition coefficient (Wildman–Crippen LogP) is 1.84. The highest BCUT2D eigenvalue weighted by molar-refractivity contribution is 5.78. The maximum Gasteiger partial charge on any atom is 0.308 e. The number of carboxylic acid groups (broad SMARTS) is 1. The zero-order valence-corrected chi connectivity index (χ0v) is 11.3. The zero-order chi connectivity index (χ0) is 14.4. The molecule has 6 heteroatoms. The molecule has 0 saturated carbocycles. The van der Waals surface area contributed by atoms with E-state index < -0.39 is 5.97 Å². The fourth-order valence-electron chi connectivity index (χ4n) is 3.02. The quantitative estimate of drug-likeness (QED) is 0.778. The van der Waals surface area contributed by atoms with Crippen molar-refractivity contribution in [1.82, 2.24) is 19.2 Å². The van der Waals surface area contributed by atoms with Crippen LogP contribution in [0.1, 0.15) is 12.2 Å². The first-order valence-electron chi connectivity index (χ1n) is 6.94. The molecule has 0 fully saturated rings. The minimum absolute atomic E-state index is 0.338. The molecule has 0 aromatic carbocycles. The van der Waals surface area contributed by atoms with Crippen LogP contribution in [0.3, 0.4) is 0 Å². The number of hydrogen-bond donors (Lipinski definition) is 1. The maximum absolute atomic E-state index is 11.3. The number of rotatable bonds is 2. The van der Waals surface area contributed by atoms with Gasteiger partial charge in [0.25, 0.3) is 0 Å². The highest BCUT2D eigenvalue weighted by Crippen LogP contribution is 2.29. The van der Waals surface area contributed by atoms with E-state index in [1.807, 2.05) is 39.7 Å². The highest BCUT2D eigenvalue weighted by Gasteiger charge is 2.27. The standard InChI is InChI=1S/C15H14N4O2/c20-15(21)10-3-4-14-16-8-13(18(14)9-10)11-2-1-7-19-12(11)5-6-17-19/h1-2,5-8,10H,3-4,9H2,(H,20,21). The number of imidazole rings is 1. The average Bonchev–Trinajstić information content (AvgIpc) is 3.12. The molecule has 1 aliphatic heterocycles. The zero-order valence-electron chi connectivity index (χ0n) is 11.3. The van der Waals surface area contributed by atoms with Gasteiger partial charge in [0.05, 0.1) is 29.5 Å². The number of hydrogen-bond acceptors (Lipinski definition) is 3. The van der Waals surface area contributed by atoms with Crippen LogP contribution in [0.15, 0.2) is 36.8 Å². The summed E-state index contributed by atoms with van der Waals surface area (Å²) in [6.07, 6.45) is 6.85. The van der Waals surface area contributed by atoms with Crippen molar-refractivity contribution in [1.29, 1.82) is 0 Å². The summed E-state index contributed by atoms with van der Waals surface area (Å²) in [5.41, 5.74) is 2.99. The van der Waals surface area contributed by atoms with Crippen molar-refractivity contribution in [3.63, 3.8) is 0 Å². The van der Waals surface area contributed by atoms with E-state index in [0.717, 1.165) is 22.6 Å². The molecule has 0 amide bonds. The molecule has 106 valence electrons. The number of aliphatic carboxylic acids is 1. The average molecular weight is 282 g/mol. The lowest BCUT2D eigenvalue weighted by atomic mass is 9.99. The lowest BCUT2D eigenvalue weighted by molar-refractivity contribution is -0.142. The molecule has 3 aromatic rings. The first kappa shape index (κ1) is 12.1. The van der Waals surface area contributed by atoms with E-state index in [1.54, 1.807) is 6.20 Å². The van der Waals surface area contributed by atoms with Crippen molar-refractivity contribution in [3.8, 4) is 11.3 Å². The summed E-state index contributed by atoms with van der Waals surface area (Å²) in [6, 6.07) is 5.91. The summed E-state index contributed by atoms with van der Waals surface area (Å²) < 4.78 is 3.84. The lowest BCUT2D eigenvalue weighted by Gasteiger charge is -2.22. The number of fused-ring (bicyclic) bond motifs is 2. The molecular weight excluding hydrogens is 268 g/mol. The van der Waals surface area contributed by atoms with Crippen molar-refractivity contribution >= 4 is 11.5 Å². The second kappa shape index (κ2) is 4.44. The van der Waals surface area contributed by atoms with Crippen molar-refractivity contribution in [2.24, 2.45) is 5.92 Å². The Kier molecular flexibility index (Phi) is 2.57. The molecule has 6 nitrogen and oxygen atoms in total. The lowest BCUT2D eigenvalue weighted by Crippen LogP contribution is -2.27. The van der Waals surface area contributed by atoms with Crippen molar-refractivity contribution < 1.29 is 9.90 Å². The van der Waals surface area contributed by atoms with Gasteiger partial charge in [-0.05, 0) is 24.6 Å². The summed E-state index contributed by atoms with van der Waals surface area (Å²) in [7, 11) is 0. The van der Waals surface area contributed by atoms with Gasteiger partial charge in [0.15, 0.2) is 0 Å². The first-order chi connectivity index (χ1) is 10.2. The van der Waals surface area contributed by atoms with Crippen LogP contribution in [-0.4, -0.2) is 30.2 Å². The molecule has 1 aliphatic rings. The van der Waals surface area contributed by atoms with Crippen molar-refractivity contribution in [2.75, 3.05) is 0 Å². The summed E-state index contributed by atoms with van der Waals surface area (Å²) in [6.45, 7) is 0.481. The highest BCUT2D eigenvalue weighted by atomic mass is 16.4. The SMILES string of the molecule is O=C(O)C1CCc2ncc(-c3cccn4nccc34)n2C1. The van der Waals surface area contributed by atoms with E-state index in [2.05, 4.69) is 10.1 Å². The van der Waals surface area contributed by atoms with Crippen LogP contribution in [0, 0.1) is 5.92 Å². The molecule has 4 heterocycles. The van der Waals surface area contributed by atoms with E-state index >= 15 is 0 Å². The van der Waals surface area contributed by atoms with E-state index in [4.69, 9.17) is 0 Å². The van der Waals surface area contributed by atoms with Crippen LogP contribution in [0.25, 0.3) is 16.8 Å². The third kappa shape index (κ3) is 1.83. The molecule has 3 aromatic heterocycles. The van der Waals surface area contributed by atoms with Crippen LogP contribution in [0.5, 0.6) is 0 Å². The Balaban J connectivity index is 1.86. The maximum atomic E-state index is 11.3. The molecule has 1 atom stereocenters. The summed E-state index contributed by atoms with van der Waals surface area (Å²) in [5.74, 6) is -0.109. The smallest absolute Gasteiger partial charge is 0.308 e. The molecule has 4 rings (SSSR count). The van der Waals surface area contributed by atoms with Gasteiger partial charge in [-0.25, -0.2) is 9.50 Å². The fraction of sp³-hybridized carbons (Fsp3) is 0.267. The summed E-state index contributed by atoms with van der Waals surface area (Å²) in [4.78, 5) is 15.7. The Morgan fingerprint density at radius 2 is 2.29 bits per heavy atom. The summed E-state index contributed by atoms with van der Waals surface area (Å²) in [5, 5.41) is 13.5. The third-order valence-corrected chi connectivity index (χ3v) is 4.12. The first-order valence-corrected chi connectivity index (χ1v) is 6.94. The minimum atomic E-state index is -0.733. The van der Waals surface area contributed by atoms with Gasteiger partial charge in [0.2, 0.25) is 0 Å². The van der Waals surface area contributed by atoms with E-state index in [1.165, 1.54) is 0 Å². The molecule has 0 bridgehead atoms. The normalized spacial score (nSPS) is 17.8. The van der Waals surface area contributed by atoms with Crippen LogP contribution in [-0.2, 0) is 17.8 Å². The summed E-state index contributed by atoms with van der Waals surface area (Å²) >= 11 is 0. The number of aromatic nitrogens is 4. The third-order valence-electron chi connectivity index (χ3n) is 4.12. The fourth-order valence-corrected chi connectivity index (χ4v) is 3.02. The largest absolute Gasteiger partial charge is 0.481 e. The topological polar surface area (TPSA) is 72.4 Å². The molecular formula is C15H14N4O2. The second-order valence-corrected chi connectivity index (χ2v) is 5.33. The predicted molar refractivity (Wildman–Crippen MR) is 75.9 cm³/mol. The van der Waals surface area contributed by atoms with Gasteiger partial charge < -0.3 is 9.67 Å². The second-order valence-electron chi connectivity index (χ2n) is 5.33. The monoisotopic (exact) mass is 282 g/mol. The molecule has 0 saturated heterocycles. The van der Waals surface area contributed by atoms with E-state index in [9.17, 15) is 9.90 Å². The van der Waals surface area contributed by atoms with Crippen LogP contribution < -0.4 is 0 Å². The Labute approximate surface area is 120 Å². The molecule has 0 spiro atoms. The Bertz CT molecular complexity index is 833. The minimum Gasteiger partial charge on any atom is -0.481 e. The van der Waals surface area contributed by atoms with Crippen molar-refractivity contribution in [2.45, 2.75) is 19.4 Å². The van der Waals surface area contributed by atoms with Gasteiger partial charge >= 0.3 is 5.97 Å². The van der Waals surface area contributed by atoms with Crippen LogP contribution >= 0.6 is 0 Å². The van der Waals surface area contributed by atoms with Gasteiger partial charge in [-0.3, -0.25) is 4.79 Å². The Morgan fingerprint density at radius 3 is 3.14 bits per heavy atom. The van der Waals surface area contributed by atoms with Crippen LogP contribution in [0.4, 0.5) is 0 Å². The molecule has 0 aliphatic carbocycles. The van der Waals surface area contributed by atoms with Crippen molar-refractivity contribution in [3.05, 3.63) is 42.6 Å². The number of carbonyl (C=O) groups is 1.